The van der Waals surface area contributed by atoms with Crippen molar-refractivity contribution in [1.29, 1.82) is 0 Å². The van der Waals surface area contributed by atoms with Gasteiger partial charge in [0, 0.05) is 6.54 Å². The highest BCUT2D eigenvalue weighted by atomic mass is 16.2. The topological polar surface area (TPSA) is 32.3 Å². The van der Waals surface area contributed by atoms with Crippen molar-refractivity contribution in [1.82, 2.24) is 10.2 Å². The summed E-state index contributed by atoms with van der Waals surface area (Å²) in [6, 6.07) is 0. The molecule has 1 N–H and O–H groups in total. The van der Waals surface area contributed by atoms with Gasteiger partial charge in [-0.1, -0.05) is 0 Å². The Morgan fingerprint density at radius 3 is 2.31 bits per heavy atom. The second-order valence-corrected chi connectivity index (χ2v) is 4.23. The number of nitrogens with one attached hydrogen (secondary N) is 1. The maximum absolute atomic E-state index is 11.8. The summed E-state index contributed by atoms with van der Waals surface area (Å²) in [6.45, 7) is 6.13. The molecule has 3 aliphatic rings. The van der Waals surface area contributed by atoms with E-state index in [1.807, 2.05) is 6.92 Å². The van der Waals surface area contributed by atoms with Crippen molar-refractivity contribution in [3.63, 3.8) is 0 Å². The molecule has 0 aromatic rings. The molecular weight excluding hydrogens is 164 g/mol. The van der Waals surface area contributed by atoms with Crippen molar-refractivity contribution in [2.45, 2.75) is 26.2 Å². The smallest absolute Gasteiger partial charge is 0.226 e. The van der Waals surface area contributed by atoms with E-state index in [-0.39, 0.29) is 5.41 Å². The monoisotopic (exact) mass is 182 g/mol. The van der Waals surface area contributed by atoms with E-state index < -0.39 is 0 Å². The summed E-state index contributed by atoms with van der Waals surface area (Å²) in [6.07, 6.45) is 3.20. The zero-order valence-electron chi connectivity index (χ0n) is 8.31. The van der Waals surface area contributed by atoms with Gasteiger partial charge < -0.3 is 10.2 Å². The van der Waals surface area contributed by atoms with E-state index in [0.717, 1.165) is 45.4 Å². The molecule has 0 aliphatic carbocycles. The van der Waals surface area contributed by atoms with Crippen LogP contribution in [0.25, 0.3) is 0 Å². The number of hydrogen-bond acceptors (Lipinski definition) is 2. The van der Waals surface area contributed by atoms with E-state index in [1.165, 1.54) is 0 Å². The summed E-state index contributed by atoms with van der Waals surface area (Å²) in [7, 11) is 0. The first-order valence-corrected chi connectivity index (χ1v) is 5.27. The van der Waals surface area contributed by atoms with Crippen molar-refractivity contribution in [3.8, 4) is 0 Å². The lowest BCUT2D eigenvalue weighted by Gasteiger charge is -2.47. The summed E-state index contributed by atoms with van der Waals surface area (Å²) in [5.74, 6) is 0.300. The molecule has 3 nitrogen and oxygen atoms in total. The Bertz CT molecular complexity index is 193. The summed E-state index contributed by atoms with van der Waals surface area (Å²) >= 11 is 0. The molecule has 0 aromatic carbocycles. The molecule has 3 rings (SSSR count). The molecule has 0 aromatic heterocycles. The predicted octanol–water partition coefficient (Wildman–Crippen LogP) is 0.608. The van der Waals surface area contributed by atoms with Crippen LogP contribution in [0.3, 0.4) is 0 Å². The fourth-order valence-corrected chi connectivity index (χ4v) is 2.52. The molecule has 3 fully saturated rings. The molecule has 3 saturated heterocycles. The van der Waals surface area contributed by atoms with Gasteiger partial charge in [0.15, 0.2) is 0 Å². The zero-order valence-corrected chi connectivity index (χ0v) is 8.31. The van der Waals surface area contributed by atoms with E-state index >= 15 is 0 Å². The van der Waals surface area contributed by atoms with Crippen molar-refractivity contribution in [3.05, 3.63) is 0 Å². The number of hydrogen-bond donors (Lipinski definition) is 1. The van der Waals surface area contributed by atoms with Crippen molar-refractivity contribution >= 4 is 5.91 Å². The number of rotatable bonds is 2. The van der Waals surface area contributed by atoms with Gasteiger partial charge in [0.25, 0.3) is 0 Å². The summed E-state index contributed by atoms with van der Waals surface area (Å²) in [5.41, 5.74) is 0.00472. The van der Waals surface area contributed by atoms with Crippen molar-refractivity contribution in [2.75, 3.05) is 26.2 Å². The van der Waals surface area contributed by atoms with Gasteiger partial charge in [-0.25, -0.2) is 0 Å². The highest BCUT2D eigenvalue weighted by Crippen LogP contribution is 2.39. The molecule has 1 amide bonds. The molecule has 0 atom stereocenters. The maximum Gasteiger partial charge on any atom is 0.226 e. The average Bonchev–Trinajstić information content (AvgIpc) is 2.21. The van der Waals surface area contributed by atoms with Crippen LogP contribution in [-0.4, -0.2) is 37.0 Å². The SMILES string of the molecule is CCNC(=O)C12CCN(CC1)CC2. The van der Waals surface area contributed by atoms with Crippen LogP contribution in [0.5, 0.6) is 0 Å². The van der Waals surface area contributed by atoms with Gasteiger partial charge >= 0.3 is 0 Å². The first kappa shape index (κ1) is 9.00. The lowest BCUT2D eigenvalue weighted by atomic mass is 9.71. The van der Waals surface area contributed by atoms with Gasteiger partial charge in [0.1, 0.15) is 0 Å². The first-order valence-electron chi connectivity index (χ1n) is 5.27. The van der Waals surface area contributed by atoms with Crippen LogP contribution in [0.15, 0.2) is 0 Å². The Hall–Kier alpha value is -0.570. The second-order valence-electron chi connectivity index (χ2n) is 4.23. The molecule has 0 saturated carbocycles. The lowest BCUT2D eigenvalue weighted by molar-refractivity contribution is -0.138. The minimum atomic E-state index is 0.00472. The quantitative estimate of drug-likeness (QED) is 0.678. The normalized spacial score (nSPS) is 37.5. The van der Waals surface area contributed by atoms with E-state index in [2.05, 4.69) is 10.2 Å². The van der Waals surface area contributed by atoms with Crippen LogP contribution < -0.4 is 5.32 Å². The van der Waals surface area contributed by atoms with Crippen LogP contribution in [0, 0.1) is 5.41 Å². The predicted molar refractivity (Wildman–Crippen MR) is 51.4 cm³/mol. The zero-order chi connectivity index (χ0) is 9.31. The molecule has 0 unspecified atom stereocenters. The van der Waals surface area contributed by atoms with Gasteiger partial charge in [-0.15, -0.1) is 0 Å². The Balaban J connectivity index is 2.05. The maximum atomic E-state index is 11.8. The van der Waals surface area contributed by atoms with E-state index in [4.69, 9.17) is 0 Å². The molecule has 0 spiro atoms. The number of carbonyl (C=O) groups excluding carboxylic acids is 1. The summed E-state index contributed by atoms with van der Waals surface area (Å²) in [4.78, 5) is 14.3. The van der Waals surface area contributed by atoms with Crippen LogP contribution >= 0.6 is 0 Å². The number of piperidine rings is 3. The molecule has 3 heterocycles. The fourth-order valence-electron chi connectivity index (χ4n) is 2.52. The lowest BCUT2D eigenvalue weighted by Crippen LogP contribution is -2.54. The van der Waals surface area contributed by atoms with E-state index in [0.29, 0.717) is 5.91 Å². The summed E-state index contributed by atoms with van der Waals surface area (Å²) in [5, 5.41) is 2.97. The molecule has 2 bridgehead atoms. The largest absolute Gasteiger partial charge is 0.356 e. The third-order valence-corrected chi connectivity index (χ3v) is 3.54. The number of nitrogens with zero attached hydrogens (tertiary/aromatic N) is 1. The first-order chi connectivity index (χ1) is 6.27. The van der Waals surface area contributed by atoms with Gasteiger partial charge in [0.2, 0.25) is 5.91 Å². The van der Waals surface area contributed by atoms with Gasteiger partial charge in [-0.2, -0.15) is 0 Å². The van der Waals surface area contributed by atoms with E-state index in [1.54, 1.807) is 0 Å². The van der Waals surface area contributed by atoms with Crippen LogP contribution in [-0.2, 0) is 4.79 Å². The Morgan fingerprint density at radius 1 is 1.31 bits per heavy atom. The van der Waals surface area contributed by atoms with Crippen LogP contribution in [0.2, 0.25) is 0 Å². The Labute approximate surface area is 79.5 Å². The molecule has 0 radical (unpaired) electrons. The number of amides is 1. The molecule has 74 valence electrons. The van der Waals surface area contributed by atoms with Crippen LogP contribution in [0.1, 0.15) is 26.2 Å². The van der Waals surface area contributed by atoms with Gasteiger partial charge in [0.05, 0.1) is 5.41 Å². The third-order valence-electron chi connectivity index (χ3n) is 3.54. The van der Waals surface area contributed by atoms with Gasteiger partial charge in [-0.05, 0) is 45.8 Å². The van der Waals surface area contributed by atoms with Crippen molar-refractivity contribution < 1.29 is 4.79 Å². The number of carbonyl (C=O) groups is 1. The standard InChI is InChI=1S/C10H18N2O/c1-2-11-9(13)10-3-6-12(7-4-10)8-5-10/h2-8H2,1H3,(H,11,13). The molecular formula is C10H18N2O. The molecule has 3 aliphatic heterocycles. The average molecular weight is 182 g/mol. The third kappa shape index (κ3) is 1.46. The Morgan fingerprint density at radius 2 is 1.85 bits per heavy atom. The Kier molecular flexibility index (Phi) is 2.28. The van der Waals surface area contributed by atoms with Crippen molar-refractivity contribution in [2.24, 2.45) is 5.41 Å². The molecule has 13 heavy (non-hydrogen) atoms. The number of fused-ring (bicyclic) bond motifs is 3. The summed E-state index contributed by atoms with van der Waals surface area (Å²) < 4.78 is 0. The van der Waals surface area contributed by atoms with Gasteiger partial charge in [-0.3, -0.25) is 4.79 Å². The minimum absolute atomic E-state index is 0.00472. The van der Waals surface area contributed by atoms with E-state index in [9.17, 15) is 4.79 Å². The highest BCUT2D eigenvalue weighted by Gasteiger charge is 2.44. The fraction of sp³-hybridized carbons (Fsp3) is 0.900. The molecule has 3 heteroatoms. The minimum Gasteiger partial charge on any atom is -0.356 e. The van der Waals surface area contributed by atoms with Crippen LogP contribution in [0.4, 0.5) is 0 Å². The second kappa shape index (κ2) is 3.29. The highest BCUT2D eigenvalue weighted by molar-refractivity contribution is 5.83.